The Bertz CT molecular complexity index is 1540. The second-order valence-corrected chi connectivity index (χ2v) is 12.5. The van der Waals surface area contributed by atoms with Gasteiger partial charge in [0.1, 0.15) is 18.4 Å². The zero-order valence-corrected chi connectivity index (χ0v) is 25.7. The molecule has 1 N–H and O–H groups in total. The van der Waals surface area contributed by atoms with E-state index in [1.165, 1.54) is 49.5 Å². The van der Waals surface area contributed by atoms with E-state index in [4.69, 9.17) is 9.47 Å². The number of methoxy groups -OCH3 is 2. The molecule has 0 radical (unpaired) electrons. The Morgan fingerprint density at radius 2 is 1.65 bits per heavy atom. The predicted molar refractivity (Wildman–Crippen MR) is 162 cm³/mol. The first kappa shape index (κ1) is 31.8. The molecule has 4 rings (SSSR count). The Kier molecular flexibility index (Phi) is 10.3. The smallest absolute Gasteiger partial charge is 0.264 e. The second-order valence-electron chi connectivity index (χ2n) is 10.7. The van der Waals surface area contributed by atoms with Gasteiger partial charge >= 0.3 is 0 Å². The fourth-order valence-electron chi connectivity index (χ4n) is 5.22. The number of nitrogens with one attached hydrogen (secondary N) is 1. The van der Waals surface area contributed by atoms with Crippen LogP contribution < -0.4 is 19.1 Å². The number of halogens is 1. The second kappa shape index (κ2) is 13.9. The molecule has 11 heteroatoms. The van der Waals surface area contributed by atoms with Gasteiger partial charge in [-0.25, -0.2) is 12.8 Å². The minimum absolute atomic E-state index is 0.0482. The van der Waals surface area contributed by atoms with Crippen molar-refractivity contribution in [3.8, 4) is 11.5 Å². The van der Waals surface area contributed by atoms with Crippen LogP contribution in [0.25, 0.3) is 0 Å². The summed E-state index contributed by atoms with van der Waals surface area (Å²) in [6.07, 6.45) is 3.83. The van der Waals surface area contributed by atoms with Crippen molar-refractivity contribution in [1.29, 1.82) is 0 Å². The van der Waals surface area contributed by atoms with Crippen molar-refractivity contribution in [1.82, 2.24) is 10.2 Å². The van der Waals surface area contributed by atoms with Gasteiger partial charge in [0.15, 0.2) is 11.5 Å². The van der Waals surface area contributed by atoms with Gasteiger partial charge < -0.3 is 19.7 Å². The monoisotopic (exact) mass is 611 g/mol. The van der Waals surface area contributed by atoms with Crippen LogP contribution in [0.4, 0.5) is 10.1 Å². The number of sulfonamides is 1. The summed E-state index contributed by atoms with van der Waals surface area (Å²) in [5.41, 5.74) is 1.87. The molecule has 230 valence electrons. The van der Waals surface area contributed by atoms with Gasteiger partial charge in [-0.15, -0.1) is 0 Å². The van der Waals surface area contributed by atoms with Gasteiger partial charge in [-0.3, -0.25) is 13.9 Å². The van der Waals surface area contributed by atoms with E-state index in [9.17, 15) is 22.4 Å². The molecule has 0 saturated heterocycles. The Labute approximate surface area is 252 Å². The van der Waals surface area contributed by atoms with Crippen LogP contribution in [0.3, 0.4) is 0 Å². The Hall–Kier alpha value is -4.12. The number of rotatable bonds is 12. The van der Waals surface area contributed by atoms with Crippen LogP contribution in [0, 0.1) is 12.7 Å². The van der Waals surface area contributed by atoms with Crippen LogP contribution in [0.15, 0.2) is 71.6 Å². The quantitative estimate of drug-likeness (QED) is 0.315. The summed E-state index contributed by atoms with van der Waals surface area (Å²) in [4.78, 5) is 28.7. The van der Waals surface area contributed by atoms with Gasteiger partial charge in [0.05, 0.1) is 24.8 Å². The largest absolute Gasteiger partial charge is 0.493 e. The summed E-state index contributed by atoms with van der Waals surface area (Å²) in [5.74, 6) is -0.936. The molecular weight excluding hydrogens is 573 g/mol. The first-order valence-corrected chi connectivity index (χ1v) is 15.6. The summed E-state index contributed by atoms with van der Waals surface area (Å²) < 4.78 is 53.5. The third-order valence-electron chi connectivity index (χ3n) is 7.64. The number of anilines is 1. The van der Waals surface area contributed by atoms with Gasteiger partial charge in [0.2, 0.25) is 11.8 Å². The molecule has 0 aromatic heterocycles. The van der Waals surface area contributed by atoms with Crippen molar-refractivity contribution < 1.29 is 31.9 Å². The molecule has 0 bridgehead atoms. The lowest BCUT2D eigenvalue weighted by molar-refractivity contribution is -0.139. The fourth-order valence-corrected chi connectivity index (χ4v) is 6.65. The lowest BCUT2D eigenvalue weighted by Gasteiger charge is -2.32. The third-order valence-corrected chi connectivity index (χ3v) is 9.41. The standard InChI is InChI=1S/C32H38FN3O6S/c1-22-8-7-9-24(18-22)20-35(23(2)32(38)34-26-10-5-6-11-26)31(37)21-36(27-14-12-25(33)13-15-27)43(39,40)28-16-17-29(41-3)30(19-28)42-4/h7-9,12-19,23,26H,5-6,10-11,20-21H2,1-4H3,(H,34,38)/t23-/m1/s1. The molecule has 0 aliphatic heterocycles. The number of aryl methyl sites for hydroxylation is 1. The summed E-state index contributed by atoms with van der Waals surface area (Å²) in [5, 5.41) is 3.05. The van der Waals surface area contributed by atoms with E-state index in [-0.39, 0.29) is 34.8 Å². The molecule has 3 aromatic carbocycles. The minimum Gasteiger partial charge on any atom is -0.493 e. The molecule has 43 heavy (non-hydrogen) atoms. The highest BCUT2D eigenvalue weighted by atomic mass is 32.2. The molecule has 0 heterocycles. The third kappa shape index (κ3) is 7.64. The minimum atomic E-state index is -4.37. The van der Waals surface area contributed by atoms with Gasteiger partial charge in [-0.05, 0) is 68.7 Å². The van der Waals surface area contributed by atoms with Crippen LogP contribution >= 0.6 is 0 Å². The van der Waals surface area contributed by atoms with Crippen LogP contribution in [0.2, 0.25) is 0 Å². The maximum absolute atomic E-state index is 14.1. The zero-order chi connectivity index (χ0) is 31.1. The summed E-state index contributed by atoms with van der Waals surface area (Å²) in [6, 6.07) is 15.7. The highest BCUT2D eigenvalue weighted by Crippen LogP contribution is 2.32. The maximum atomic E-state index is 14.1. The summed E-state index contributed by atoms with van der Waals surface area (Å²) in [7, 11) is -1.55. The highest BCUT2D eigenvalue weighted by molar-refractivity contribution is 7.92. The highest BCUT2D eigenvalue weighted by Gasteiger charge is 2.34. The number of carbonyl (C=O) groups excluding carboxylic acids is 2. The van der Waals surface area contributed by atoms with E-state index < -0.39 is 34.3 Å². The number of nitrogens with zero attached hydrogens (tertiary/aromatic N) is 2. The lowest BCUT2D eigenvalue weighted by atomic mass is 10.1. The SMILES string of the molecule is COc1ccc(S(=O)(=O)N(CC(=O)N(Cc2cccc(C)c2)[C@H](C)C(=O)NC2CCCC2)c2ccc(F)cc2)cc1OC. The molecule has 3 aromatic rings. The number of benzene rings is 3. The summed E-state index contributed by atoms with van der Waals surface area (Å²) in [6.45, 7) is 3.03. The zero-order valence-electron chi connectivity index (χ0n) is 24.9. The van der Waals surface area contributed by atoms with Crippen LogP contribution in [0.1, 0.15) is 43.7 Å². The van der Waals surface area contributed by atoms with Gasteiger partial charge in [0, 0.05) is 18.7 Å². The van der Waals surface area contributed by atoms with E-state index in [0.29, 0.717) is 5.75 Å². The molecule has 1 fully saturated rings. The Balaban J connectivity index is 1.71. The van der Waals surface area contributed by atoms with Crippen LogP contribution in [-0.4, -0.2) is 58.0 Å². The fraction of sp³-hybridized carbons (Fsp3) is 0.375. The molecule has 1 atom stereocenters. The van der Waals surface area contributed by atoms with E-state index in [0.717, 1.165) is 53.2 Å². The van der Waals surface area contributed by atoms with Gasteiger partial charge in [-0.2, -0.15) is 0 Å². The number of hydrogen-bond donors (Lipinski definition) is 1. The van der Waals surface area contributed by atoms with Gasteiger partial charge in [-0.1, -0.05) is 42.7 Å². The molecule has 1 saturated carbocycles. The van der Waals surface area contributed by atoms with Crippen molar-refractivity contribution in [2.24, 2.45) is 0 Å². The van der Waals surface area contributed by atoms with Crippen molar-refractivity contribution in [2.45, 2.75) is 63.1 Å². The van der Waals surface area contributed by atoms with E-state index in [1.54, 1.807) is 6.92 Å². The van der Waals surface area contributed by atoms with E-state index >= 15 is 0 Å². The number of amides is 2. The average molecular weight is 612 g/mol. The lowest BCUT2D eigenvalue weighted by Crippen LogP contribution is -2.52. The topological polar surface area (TPSA) is 105 Å². The molecule has 0 unspecified atom stereocenters. The van der Waals surface area contributed by atoms with E-state index in [1.807, 2.05) is 31.2 Å². The molecule has 1 aliphatic rings. The molecule has 9 nitrogen and oxygen atoms in total. The average Bonchev–Trinajstić information content (AvgIpc) is 3.51. The number of hydrogen-bond acceptors (Lipinski definition) is 6. The molecule has 1 aliphatic carbocycles. The van der Waals surface area contributed by atoms with Crippen molar-refractivity contribution in [3.63, 3.8) is 0 Å². The van der Waals surface area contributed by atoms with Crippen molar-refractivity contribution >= 4 is 27.5 Å². The first-order valence-electron chi connectivity index (χ1n) is 14.2. The maximum Gasteiger partial charge on any atom is 0.264 e. The molecule has 2 amide bonds. The predicted octanol–water partition coefficient (Wildman–Crippen LogP) is 4.82. The van der Waals surface area contributed by atoms with Gasteiger partial charge in [0.25, 0.3) is 10.0 Å². The summed E-state index contributed by atoms with van der Waals surface area (Å²) >= 11 is 0. The number of carbonyl (C=O) groups is 2. The Morgan fingerprint density at radius 3 is 2.28 bits per heavy atom. The van der Waals surface area contributed by atoms with Crippen molar-refractivity contribution in [3.05, 3.63) is 83.7 Å². The Morgan fingerprint density at radius 1 is 0.977 bits per heavy atom. The van der Waals surface area contributed by atoms with Crippen molar-refractivity contribution in [2.75, 3.05) is 25.1 Å². The molecule has 0 spiro atoms. The molecular formula is C32H38FN3O6S. The van der Waals surface area contributed by atoms with Crippen LogP contribution in [-0.2, 0) is 26.2 Å². The normalized spacial score (nSPS) is 14.2. The van der Waals surface area contributed by atoms with E-state index in [2.05, 4.69) is 5.32 Å². The van der Waals surface area contributed by atoms with Crippen LogP contribution in [0.5, 0.6) is 11.5 Å². The number of ether oxygens (including phenoxy) is 2. The first-order chi connectivity index (χ1) is 20.5.